The second-order valence-corrected chi connectivity index (χ2v) is 10.3. The maximum absolute atomic E-state index is 12.2. The summed E-state index contributed by atoms with van der Waals surface area (Å²) in [5.74, 6) is 1.92. The predicted octanol–water partition coefficient (Wildman–Crippen LogP) is 3.05. The molecule has 2 fully saturated rings. The lowest BCUT2D eigenvalue weighted by molar-refractivity contribution is 0.337. The number of aliphatic imine (C=N–C) groups is 1. The van der Waals surface area contributed by atoms with E-state index in [9.17, 15) is 8.42 Å². The molecule has 0 spiro atoms. The van der Waals surface area contributed by atoms with Crippen LogP contribution in [-0.4, -0.2) is 56.0 Å². The van der Waals surface area contributed by atoms with Gasteiger partial charge in [0.05, 0.1) is 10.5 Å². The third-order valence-corrected chi connectivity index (χ3v) is 7.73. The standard InChI is InChI=1S/C17H33N3O2S.HI/c1-4-18-16(19-11-10-15-8-6-5-7-9-15)20-12-13-23(21,22)17(2,3)14-20;/h15H,4-14H2,1-3H3,(H,18,19);1H. The molecule has 1 heterocycles. The molecule has 2 aliphatic rings. The van der Waals surface area contributed by atoms with Crippen molar-refractivity contribution in [2.24, 2.45) is 10.9 Å². The molecule has 0 bridgehead atoms. The Labute approximate surface area is 165 Å². The van der Waals surface area contributed by atoms with Crippen molar-refractivity contribution in [3.8, 4) is 0 Å². The fourth-order valence-electron chi connectivity index (χ4n) is 3.58. The zero-order chi connectivity index (χ0) is 16.9. The minimum absolute atomic E-state index is 0. The summed E-state index contributed by atoms with van der Waals surface area (Å²) >= 11 is 0. The number of hydrogen-bond acceptors (Lipinski definition) is 3. The van der Waals surface area contributed by atoms with Crippen LogP contribution in [0.3, 0.4) is 0 Å². The number of nitrogens with zero attached hydrogens (tertiary/aromatic N) is 2. The average Bonchev–Trinajstić information content (AvgIpc) is 2.50. The molecule has 0 aromatic rings. The number of rotatable bonds is 4. The van der Waals surface area contributed by atoms with Crippen LogP contribution in [0, 0.1) is 5.92 Å². The Morgan fingerprint density at radius 2 is 1.92 bits per heavy atom. The van der Waals surface area contributed by atoms with Crippen LogP contribution in [-0.2, 0) is 9.84 Å². The Hall–Kier alpha value is -0.0500. The molecule has 1 aliphatic heterocycles. The number of nitrogens with one attached hydrogen (secondary N) is 1. The van der Waals surface area contributed by atoms with Gasteiger partial charge in [0.2, 0.25) is 0 Å². The molecule has 1 saturated heterocycles. The molecule has 1 aliphatic carbocycles. The van der Waals surface area contributed by atoms with Crippen LogP contribution in [0.1, 0.15) is 59.3 Å². The van der Waals surface area contributed by atoms with Crippen LogP contribution in [0.4, 0.5) is 0 Å². The Bertz CT molecular complexity index is 514. The van der Waals surface area contributed by atoms with Crippen molar-refractivity contribution in [3.63, 3.8) is 0 Å². The van der Waals surface area contributed by atoms with Crippen LogP contribution in [0.15, 0.2) is 4.99 Å². The van der Waals surface area contributed by atoms with Crippen molar-refractivity contribution in [1.82, 2.24) is 10.2 Å². The van der Waals surface area contributed by atoms with E-state index in [2.05, 4.69) is 17.1 Å². The van der Waals surface area contributed by atoms with Gasteiger partial charge < -0.3 is 10.2 Å². The average molecular weight is 471 g/mol. The molecule has 0 aromatic heterocycles. The van der Waals surface area contributed by atoms with Gasteiger partial charge in [0, 0.05) is 26.2 Å². The van der Waals surface area contributed by atoms with E-state index in [1.807, 2.05) is 13.8 Å². The lowest BCUT2D eigenvalue weighted by atomic mass is 9.87. The highest BCUT2D eigenvalue weighted by Crippen LogP contribution is 2.26. The minimum Gasteiger partial charge on any atom is -0.357 e. The molecule has 2 rings (SSSR count). The Morgan fingerprint density at radius 1 is 1.25 bits per heavy atom. The molecule has 0 atom stereocenters. The number of guanidine groups is 1. The Balaban J connectivity index is 0.00000288. The Morgan fingerprint density at radius 3 is 2.50 bits per heavy atom. The fourth-order valence-corrected chi connectivity index (χ4v) is 4.95. The van der Waals surface area contributed by atoms with E-state index >= 15 is 0 Å². The van der Waals surface area contributed by atoms with Gasteiger partial charge in [-0.2, -0.15) is 0 Å². The Kier molecular flexibility index (Phi) is 8.79. The second kappa shape index (κ2) is 9.59. The molecular weight excluding hydrogens is 437 g/mol. The topological polar surface area (TPSA) is 61.8 Å². The summed E-state index contributed by atoms with van der Waals surface area (Å²) in [5, 5.41) is 3.34. The number of sulfone groups is 1. The summed E-state index contributed by atoms with van der Waals surface area (Å²) in [7, 11) is -3.00. The third kappa shape index (κ3) is 5.75. The predicted molar refractivity (Wildman–Crippen MR) is 112 cm³/mol. The van der Waals surface area contributed by atoms with E-state index in [1.54, 1.807) is 0 Å². The molecule has 0 aromatic carbocycles. The van der Waals surface area contributed by atoms with Gasteiger partial charge >= 0.3 is 0 Å². The SMILES string of the molecule is CCNC(=NCCC1CCCCC1)N1CCS(=O)(=O)C(C)(C)C1.I. The van der Waals surface area contributed by atoms with Crippen LogP contribution < -0.4 is 5.32 Å². The molecule has 0 amide bonds. The molecule has 142 valence electrons. The van der Waals surface area contributed by atoms with Crippen molar-refractivity contribution in [3.05, 3.63) is 0 Å². The zero-order valence-electron chi connectivity index (χ0n) is 15.4. The van der Waals surface area contributed by atoms with Crippen LogP contribution in [0.2, 0.25) is 0 Å². The molecule has 1 saturated carbocycles. The monoisotopic (exact) mass is 471 g/mol. The summed E-state index contributed by atoms with van der Waals surface area (Å²) in [6, 6.07) is 0. The third-order valence-electron chi connectivity index (χ3n) is 5.20. The van der Waals surface area contributed by atoms with Crippen molar-refractivity contribution < 1.29 is 8.42 Å². The molecule has 0 radical (unpaired) electrons. The smallest absolute Gasteiger partial charge is 0.193 e. The highest BCUT2D eigenvalue weighted by Gasteiger charge is 2.40. The van der Waals surface area contributed by atoms with Crippen molar-refractivity contribution in [2.75, 3.05) is 31.9 Å². The molecule has 24 heavy (non-hydrogen) atoms. The van der Waals surface area contributed by atoms with Gasteiger partial charge in [-0.1, -0.05) is 32.1 Å². The largest absolute Gasteiger partial charge is 0.357 e. The van der Waals surface area contributed by atoms with Gasteiger partial charge in [-0.15, -0.1) is 24.0 Å². The van der Waals surface area contributed by atoms with Gasteiger partial charge in [0.15, 0.2) is 15.8 Å². The van der Waals surface area contributed by atoms with Crippen molar-refractivity contribution in [2.45, 2.75) is 64.0 Å². The van der Waals surface area contributed by atoms with E-state index in [0.717, 1.165) is 31.4 Å². The summed E-state index contributed by atoms with van der Waals surface area (Å²) in [6.45, 7) is 8.41. The van der Waals surface area contributed by atoms with Crippen molar-refractivity contribution in [1.29, 1.82) is 0 Å². The number of halogens is 1. The molecule has 0 unspecified atom stereocenters. The lowest BCUT2D eigenvalue weighted by Crippen LogP contribution is -2.57. The maximum Gasteiger partial charge on any atom is 0.193 e. The normalized spacial score (nSPS) is 24.3. The van der Waals surface area contributed by atoms with E-state index in [1.165, 1.54) is 32.1 Å². The first-order valence-corrected chi connectivity index (χ1v) is 10.8. The van der Waals surface area contributed by atoms with Crippen LogP contribution in [0.25, 0.3) is 0 Å². The van der Waals surface area contributed by atoms with E-state index < -0.39 is 14.6 Å². The fraction of sp³-hybridized carbons (Fsp3) is 0.941. The van der Waals surface area contributed by atoms with E-state index in [4.69, 9.17) is 4.99 Å². The van der Waals surface area contributed by atoms with Gasteiger partial charge in [-0.3, -0.25) is 4.99 Å². The number of hydrogen-bond donors (Lipinski definition) is 1. The summed E-state index contributed by atoms with van der Waals surface area (Å²) in [4.78, 5) is 6.90. The highest BCUT2D eigenvalue weighted by molar-refractivity contribution is 14.0. The van der Waals surface area contributed by atoms with E-state index in [-0.39, 0.29) is 29.7 Å². The van der Waals surface area contributed by atoms with Gasteiger partial charge in [0.25, 0.3) is 0 Å². The van der Waals surface area contributed by atoms with Crippen LogP contribution >= 0.6 is 24.0 Å². The molecular formula is C17H34IN3O2S. The molecule has 7 heteroatoms. The van der Waals surface area contributed by atoms with Gasteiger partial charge in [0.1, 0.15) is 0 Å². The van der Waals surface area contributed by atoms with Crippen molar-refractivity contribution >= 4 is 39.8 Å². The van der Waals surface area contributed by atoms with Gasteiger partial charge in [-0.25, -0.2) is 8.42 Å². The minimum atomic E-state index is -3.00. The highest BCUT2D eigenvalue weighted by atomic mass is 127. The first-order valence-electron chi connectivity index (χ1n) is 9.11. The summed E-state index contributed by atoms with van der Waals surface area (Å²) < 4.78 is 23.6. The maximum atomic E-state index is 12.2. The van der Waals surface area contributed by atoms with Gasteiger partial charge in [-0.05, 0) is 33.1 Å². The van der Waals surface area contributed by atoms with Crippen LogP contribution in [0.5, 0.6) is 0 Å². The summed E-state index contributed by atoms with van der Waals surface area (Å²) in [5.41, 5.74) is 0. The second-order valence-electron chi connectivity index (χ2n) is 7.53. The zero-order valence-corrected chi connectivity index (χ0v) is 18.5. The molecule has 1 N–H and O–H groups in total. The lowest BCUT2D eigenvalue weighted by Gasteiger charge is -2.39. The summed E-state index contributed by atoms with van der Waals surface area (Å²) in [6.07, 6.45) is 7.98. The van der Waals surface area contributed by atoms with E-state index in [0.29, 0.717) is 13.1 Å². The first-order chi connectivity index (χ1) is 10.9. The first kappa shape index (κ1) is 22.0. The molecule has 5 nitrogen and oxygen atoms in total. The quantitative estimate of drug-likeness (QED) is 0.389.